The maximum Gasteiger partial charge on any atom is 0.303 e. The molecule has 0 aliphatic heterocycles. The molecule has 1 unspecified atom stereocenters. The van der Waals surface area contributed by atoms with Crippen LogP contribution in [0.3, 0.4) is 0 Å². The first-order chi connectivity index (χ1) is 16.2. The number of guanidine groups is 2. The summed E-state index contributed by atoms with van der Waals surface area (Å²) in [6.45, 7) is 1.12. The monoisotopic (exact) mass is 478 g/mol. The summed E-state index contributed by atoms with van der Waals surface area (Å²) >= 11 is 0. The molecule has 0 saturated heterocycles. The van der Waals surface area contributed by atoms with Crippen LogP contribution in [-0.4, -0.2) is 59.1 Å². The summed E-state index contributed by atoms with van der Waals surface area (Å²) in [7, 11) is 0. The molecule has 13 heteroatoms. The molecule has 13 nitrogen and oxygen atoms in total. The Balaban J connectivity index is 2.33. The first-order valence-electron chi connectivity index (χ1n) is 10.8. The summed E-state index contributed by atoms with van der Waals surface area (Å²) in [5.74, 6) is -2.26. The molecule has 0 aliphatic carbocycles. The van der Waals surface area contributed by atoms with Crippen molar-refractivity contribution in [1.29, 1.82) is 0 Å². The molecule has 0 heterocycles. The van der Waals surface area contributed by atoms with E-state index in [2.05, 4.69) is 20.6 Å². The lowest BCUT2D eigenvalue weighted by molar-refractivity contribution is -0.139. The highest BCUT2D eigenvalue weighted by Crippen LogP contribution is 2.13. The van der Waals surface area contributed by atoms with E-state index in [-0.39, 0.29) is 37.7 Å². The second-order valence-corrected chi connectivity index (χ2v) is 7.44. The number of rotatable bonds is 15. The third-order valence-corrected chi connectivity index (χ3v) is 4.75. The maximum atomic E-state index is 12.0. The van der Waals surface area contributed by atoms with Crippen LogP contribution in [0.15, 0.2) is 34.3 Å². The smallest absolute Gasteiger partial charge is 0.303 e. The Morgan fingerprint density at radius 1 is 1.00 bits per heavy atom. The number of hydrogen-bond donors (Lipinski definition) is 8. The van der Waals surface area contributed by atoms with Gasteiger partial charge in [0.2, 0.25) is 5.91 Å². The Labute approximate surface area is 197 Å². The van der Waals surface area contributed by atoms with Crippen molar-refractivity contribution in [1.82, 2.24) is 16.1 Å². The highest BCUT2D eigenvalue weighted by atomic mass is 16.5. The van der Waals surface area contributed by atoms with E-state index >= 15 is 0 Å². The van der Waals surface area contributed by atoms with Gasteiger partial charge in [-0.2, -0.15) is 0 Å². The van der Waals surface area contributed by atoms with Crippen LogP contribution in [-0.2, 0) is 27.3 Å². The zero-order chi connectivity index (χ0) is 25.3. The van der Waals surface area contributed by atoms with Crippen molar-refractivity contribution >= 4 is 29.7 Å². The summed E-state index contributed by atoms with van der Waals surface area (Å²) in [5.41, 5.74) is 20.3. The fourth-order valence-corrected chi connectivity index (χ4v) is 3.00. The topological polar surface area (TPSA) is 231 Å². The Morgan fingerprint density at radius 3 is 2.35 bits per heavy atom. The van der Waals surface area contributed by atoms with Gasteiger partial charge in [-0.1, -0.05) is 24.3 Å². The van der Waals surface area contributed by atoms with Crippen LogP contribution in [0.4, 0.5) is 0 Å². The average Bonchev–Trinajstić information content (AvgIpc) is 2.80. The van der Waals surface area contributed by atoms with E-state index < -0.39 is 23.8 Å². The molecular formula is C21H34N8O5. The van der Waals surface area contributed by atoms with E-state index in [4.69, 9.17) is 27.5 Å². The van der Waals surface area contributed by atoms with Crippen LogP contribution in [0, 0.1) is 0 Å². The van der Waals surface area contributed by atoms with Crippen molar-refractivity contribution in [2.24, 2.45) is 27.2 Å². The summed E-state index contributed by atoms with van der Waals surface area (Å²) in [4.78, 5) is 42.5. The number of unbranched alkanes of at least 4 members (excludes halogenated alkanes) is 1. The third-order valence-electron chi connectivity index (χ3n) is 4.75. The number of amides is 2. The standard InChI is InChI=1S/C21H34N8O5/c22-20(23)27-13-15-7-2-1-5-14(15)6-3-4-11-25-21(24)26-12-10-17(30)28-16(19(33)29-34)8-9-18(31)32/h1-2,5,7,16,34H,3-4,6,8-13H2,(H,28,30)(H,29,33)(H,31,32)(H4,22,23,27)(H3,24,25,26). The molecule has 0 bridgehead atoms. The molecule has 1 aromatic carbocycles. The van der Waals surface area contributed by atoms with Crippen molar-refractivity contribution < 1.29 is 24.7 Å². The largest absolute Gasteiger partial charge is 0.481 e. The van der Waals surface area contributed by atoms with Crippen LogP contribution < -0.4 is 33.3 Å². The van der Waals surface area contributed by atoms with Gasteiger partial charge < -0.3 is 32.9 Å². The quantitative estimate of drug-likeness (QED) is 0.0503. The first-order valence-corrected chi connectivity index (χ1v) is 10.8. The lowest BCUT2D eigenvalue weighted by Crippen LogP contribution is -2.47. The van der Waals surface area contributed by atoms with Gasteiger partial charge in [0.1, 0.15) is 6.04 Å². The molecule has 188 valence electrons. The maximum absolute atomic E-state index is 12.0. The lowest BCUT2D eigenvalue weighted by atomic mass is 10.0. The van der Waals surface area contributed by atoms with Crippen LogP contribution in [0.25, 0.3) is 0 Å². The fraction of sp³-hybridized carbons (Fsp3) is 0.476. The molecule has 1 aromatic rings. The van der Waals surface area contributed by atoms with E-state index in [0.717, 1.165) is 24.8 Å². The number of aliphatic imine (C=N–C) groups is 2. The molecule has 0 aliphatic rings. The zero-order valence-electron chi connectivity index (χ0n) is 19.0. The van der Waals surface area contributed by atoms with E-state index in [1.807, 2.05) is 24.3 Å². The van der Waals surface area contributed by atoms with E-state index in [1.54, 1.807) is 0 Å². The Kier molecular flexibility index (Phi) is 13.1. The van der Waals surface area contributed by atoms with Crippen LogP contribution in [0.5, 0.6) is 0 Å². The van der Waals surface area contributed by atoms with Gasteiger partial charge in [-0.05, 0) is 36.8 Å². The molecule has 0 saturated carbocycles. The van der Waals surface area contributed by atoms with Crippen molar-refractivity contribution in [2.75, 3.05) is 13.1 Å². The summed E-state index contributed by atoms with van der Waals surface area (Å²) in [6, 6.07) is 6.79. The third kappa shape index (κ3) is 12.2. The average molecular weight is 479 g/mol. The number of nitrogens with zero attached hydrogens (tertiary/aromatic N) is 2. The number of carbonyl (C=O) groups excluding carboxylic acids is 2. The van der Waals surface area contributed by atoms with Crippen molar-refractivity contribution in [3.05, 3.63) is 35.4 Å². The molecule has 0 fully saturated rings. The summed E-state index contributed by atoms with van der Waals surface area (Å²) in [5, 5.41) is 22.6. The van der Waals surface area contributed by atoms with E-state index in [0.29, 0.717) is 13.1 Å². The second-order valence-electron chi connectivity index (χ2n) is 7.44. The molecule has 0 radical (unpaired) electrons. The number of nitrogens with one attached hydrogen (secondary N) is 3. The molecule has 2 amide bonds. The predicted molar refractivity (Wildman–Crippen MR) is 127 cm³/mol. The van der Waals surface area contributed by atoms with Gasteiger partial charge >= 0.3 is 5.97 Å². The zero-order valence-corrected chi connectivity index (χ0v) is 19.0. The number of aliphatic carboxylic acids is 1. The second kappa shape index (κ2) is 15.9. The Hall–Kier alpha value is -3.87. The van der Waals surface area contributed by atoms with Gasteiger partial charge in [0, 0.05) is 25.9 Å². The minimum atomic E-state index is -1.15. The van der Waals surface area contributed by atoms with Gasteiger partial charge in [-0.25, -0.2) is 10.5 Å². The Bertz CT molecular complexity index is 870. The minimum absolute atomic E-state index is 0.0227. The lowest BCUT2D eigenvalue weighted by Gasteiger charge is -2.16. The number of carboxylic acids is 1. The highest BCUT2D eigenvalue weighted by Gasteiger charge is 2.21. The SMILES string of the molecule is NC(N)=NCc1ccccc1CCCCN=C(N)NCCC(=O)NC(CCC(=O)O)C(=O)NO. The van der Waals surface area contributed by atoms with Crippen molar-refractivity contribution in [3.8, 4) is 0 Å². The number of carbonyl (C=O) groups is 3. The van der Waals surface area contributed by atoms with Crippen LogP contribution >= 0.6 is 0 Å². The minimum Gasteiger partial charge on any atom is -0.481 e. The number of nitrogens with two attached hydrogens (primary N) is 3. The van der Waals surface area contributed by atoms with Gasteiger partial charge in [0.25, 0.3) is 5.91 Å². The number of hydroxylamine groups is 1. The van der Waals surface area contributed by atoms with Crippen molar-refractivity contribution in [2.45, 2.75) is 51.1 Å². The fourth-order valence-electron chi connectivity index (χ4n) is 3.00. The number of carboxylic acid groups (broad SMARTS) is 1. The molecule has 1 atom stereocenters. The number of aryl methyl sites for hydroxylation is 1. The molecule has 0 spiro atoms. The predicted octanol–water partition coefficient (Wildman–Crippen LogP) is -1.07. The summed E-state index contributed by atoms with van der Waals surface area (Å²) < 4.78 is 0. The number of benzene rings is 1. The Morgan fingerprint density at radius 2 is 1.71 bits per heavy atom. The summed E-state index contributed by atoms with van der Waals surface area (Å²) in [6.07, 6.45) is 2.04. The van der Waals surface area contributed by atoms with Gasteiger partial charge in [0.15, 0.2) is 11.9 Å². The highest BCUT2D eigenvalue weighted by molar-refractivity contribution is 5.87. The van der Waals surface area contributed by atoms with Crippen LogP contribution in [0.1, 0.15) is 43.2 Å². The van der Waals surface area contributed by atoms with Gasteiger partial charge in [0.05, 0.1) is 6.54 Å². The molecule has 0 aromatic heterocycles. The molecule has 34 heavy (non-hydrogen) atoms. The molecular weight excluding hydrogens is 444 g/mol. The van der Waals surface area contributed by atoms with Crippen LogP contribution in [0.2, 0.25) is 0 Å². The molecule has 1 rings (SSSR count). The van der Waals surface area contributed by atoms with E-state index in [9.17, 15) is 14.4 Å². The number of hydrogen-bond acceptors (Lipinski definition) is 6. The van der Waals surface area contributed by atoms with Gasteiger partial charge in [-0.3, -0.25) is 24.6 Å². The van der Waals surface area contributed by atoms with E-state index in [1.165, 1.54) is 11.0 Å². The first kappa shape index (κ1) is 28.2. The molecule has 11 N–H and O–H groups in total. The van der Waals surface area contributed by atoms with Gasteiger partial charge in [-0.15, -0.1) is 0 Å². The van der Waals surface area contributed by atoms with Crippen molar-refractivity contribution in [3.63, 3.8) is 0 Å². The normalized spacial score (nSPS) is 11.9.